The van der Waals surface area contributed by atoms with Gasteiger partial charge in [0, 0.05) is 64.0 Å². The molecule has 1 unspecified atom stereocenters. The monoisotopic (exact) mass is 788 g/mol. The van der Waals surface area contributed by atoms with Crippen LogP contribution in [0, 0.1) is 20.8 Å². The number of carboxylic acids is 2. The second-order valence-corrected chi connectivity index (χ2v) is 16.6. The van der Waals surface area contributed by atoms with Crippen LogP contribution in [0.2, 0.25) is 0 Å². The van der Waals surface area contributed by atoms with Crippen LogP contribution in [-0.4, -0.2) is 48.3 Å². The fourth-order valence-electron chi connectivity index (χ4n) is 8.43. The minimum absolute atomic E-state index is 0.00132. The Labute approximate surface area is 343 Å². The Hall–Kier alpha value is -5.28. The summed E-state index contributed by atoms with van der Waals surface area (Å²) in [4.78, 5) is 34.5. The molecule has 0 aliphatic carbocycles. The molecular formula is C49H64N4O5. The lowest BCUT2D eigenvalue weighted by molar-refractivity contribution is -0.138. The first-order valence-electron chi connectivity index (χ1n) is 20.8. The van der Waals surface area contributed by atoms with Gasteiger partial charge in [0.15, 0.2) is 0 Å². The van der Waals surface area contributed by atoms with E-state index < -0.39 is 18.0 Å². The van der Waals surface area contributed by atoms with Gasteiger partial charge >= 0.3 is 11.9 Å². The van der Waals surface area contributed by atoms with E-state index in [1.54, 1.807) is 0 Å². The molecule has 0 fully saturated rings. The van der Waals surface area contributed by atoms with Crippen molar-refractivity contribution >= 4 is 36.2 Å². The molecule has 0 spiro atoms. The zero-order valence-electron chi connectivity index (χ0n) is 35.8. The quantitative estimate of drug-likeness (QED) is 0.0677. The Bertz CT molecular complexity index is 2330. The minimum atomic E-state index is -0.875. The Morgan fingerprint density at radius 3 is 2.03 bits per heavy atom. The number of aromatic amines is 3. The molecule has 9 nitrogen and oxygen atoms in total. The number of aliphatic hydroxyl groups is 1. The molecule has 5 rings (SSSR count). The van der Waals surface area contributed by atoms with E-state index >= 15 is 0 Å². The number of aliphatic hydroxyl groups excluding tert-OH is 1. The van der Waals surface area contributed by atoms with Crippen LogP contribution in [0.5, 0.6) is 0 Å². The highest BCUT2D eigenvalue weighted by molar-refractivity contribution is 5.72. The number of aromatic nitrogens is 3. The molecule has 0 saturated carbocycles. The standard InChI is InChI=1S/C49H64N4O5/c1-10-35-31(6)40-26-45-49(46(54)19-13-18-30(5)17-12-16-29(4)15-11-14-28(2)3)34(9)41(53-45)24-38-32(7)36(20-22-47(55)56)43(51-38)27-44-37(21-23-48(57)58)33(8)39(52-44)25-42(35)50-40/h10,14,16,18,24,26-27,39,46,50-54H,1,11-13,15,17,19-23,25H2,2-9H3,(H,55,56)(H,57,58)/b29-16+,30-18+,41-24-,44-27-,45-26-/t39?,46-/m0/s1. The Morgan fingerprint density at radius 2 is 1.38 bits per heavy atom. The first-order valence-corrected chi connectivity index (χ1v) is 20.8. The molecule has 2 aliphatic rings. The fraction of sp³-hybridized carbons (Fsp3) is 0.429. The molecule has 3 aromatic rings. The molecule has 8 bridgehead atoms. The summed E-state index contributed by atoms with van der Waals surface area (Å²) in [6, 6.07) is -0.0991. The highest BCUT2D eigenvalue weighted by Gasteiger charge is 2.29. The molecule has 9 heteroatoms. The lowest BCUT2D eigenvalue weighted by Gasteiger charge is -2.14. The number of hydrogen-bond acceptors (Lipinski definition) is 4. The van der Waals surface area contributed by atoms with E-state index in [0.717, 1.165) is 116 Å². The van der Waals surface area contributed by atoms with Crippen molar-refractivity contribution < 1.29 is 24.9 Å². The number of carbonyl (C=O) groups is 2. The van der Waals surface area contributed by atoms with Gasteiger partial charge in [-0.25, -0.2) is 0 Å². The van der Waals surface area contributed by atoms with E-state index in [-0.39, 0.29) is 18.9 Å². The zero-order valence-corrected chi connectivity index (χ0v) is 35.8. The minimum Gasteiger partial charge on any atom is -0.481 e. The number of hydrogen-bond donors (Lipinski definition) is 7. The van der Waals surface area contributed by atoms with Crippen LogP contribution in [0.1, 0.15) is 155 Å². The van der Waals surface area contributed by atoms with Crippen LogP contribution in [0.4, 0.5) is 0 Å². The van der Waals surface area contributed by atoms with Gasteiger partial charge in [0.1, 0.15) is 0 Å². The third-order valence-electron chi connectivity index (χ3n) is 11.9. The van der Waals surface area contributed by atoms with Gasteiger partial charge < -0.3 is 35.6 Å². The van der Waals surface area contributed by atoms with Crippen LogP contribution in [0.25, 0.3) is 24.3 Å². The average molecular weight is 789 g/mol. The summed E-state index contributed by atoms with van der Waals surface area (Å²) in [6.07, 6.45) is 21.0. The molecule has 5 heterocycles. The van der Waals surface area contributed by atoms with E-state index in [1.807, 2.05) is 26.0 Å². The van der Waals surface area contributed by atoms with Crippen molar-refractivity contribution in [3.05, 3.63) is 125 Å². The summed E-state index contributed by atoms with van der Waals surface area (Å²) in [5.74, 6) is -1.73. The largest absolute Gasteiger partial charge is 0.481 e. The number of rotatable bonds is 17. The van der Waals surface area contributed by atoms with Gasteiger partial charge in [0.05, 0.1) is 12.1 Å². The molecule has 58 heavy (non-hydrogen) atoms. The number of allylic oxidation sites excluding steroid dienone is 7. The SMILES string of the molecule is C=Cc1c2[nH]c(c1C)/C=c1\[nH]/c(c(C)c1[C@@H](O)CC/C=C(\C)CC/C=C(\C)CCC=C(C)C)=C\c1[nH]c(c(CCC(=O)O)c1C)/C=C1\NC(C2)C(C)=C1CCC(=O)O. The van der Waals surface area contributed by atoms with Gasteiger partial charge in [-0.15, -0.1) is 0 Å². The highest BCUT2D eigenvalue weighted by Crippen LogP contribution is 2.34. The zero-order chi connectivity index (χ0) is 42.3. The summed E-state index contributed by atoms with van der Waals surface area (Å²) in [5, 5.41) is 36.6. The second-order valence-electron chi connectivity index (χ2n) is 16.6. The van der Waals surface area contributed by atoms with Gasteiger partial charge in [-0.1, -0.05) is 47.6 Å². The van der Waals surface area contributed by atoms with E-state index in [0.29, 0.717) is 25.7 Å². The number of carboxylic acid groups (broad SMARTS) is 2. The number of aliphatic carboxylic acids is 2. The number of fused-ring (bicyclic) bond motifs is 8. The first kappa shape index (κ1) is 43.8. The van der Waals surface area contributed by atoms with E-state index in [2.05, 4.69) is 98.8 Å². The Morgan fingerprint density at radius 1 is 0.759 bits per heavy atom. The van der Waals surface area contributed by atoms with Crippen LogP contribution < -0.4 is 16.0 Å². The first-order chi connectivity index (χ1) is 27.6. The van der Waals surface area contributed by atoms with Crippen LogP contribution in [0.15, 0.2) is 58.4 Å². The van der Waals surface area contributed by atoms with E-state index in [9.17, 15) is 24.9 Å². The van der Waals surface area contributed by atoms with E-state index in [1.165, 1.54) is 16.7 Å². The van der Waals surface area contributed by atoms with Gasteiger partial charge in [-0.3, -0.25) is 9.59 Å². The normalized spacial score (nSPS) is 18.1. The molecule has 7 N–H and O–H groups in total. The third kappa shape index (κ3) is 10.6. The molecule has 0 radical (unpaired) electrons. The van der Waals surface area contributed by atoms with Crippen molar-refractivity contribution in [3.8, 4) is 0 Å². The predicted octanol–water partition coefficient (Wildman–Crippen LogP) is 9.20. The smallest absolute Gasteiger partial charge is 0.303 e. The lowest BCUT2D eigenvalue weighted by atomic mass is 9.97. The summed E-state index contributed by atoms with van der Waals surface area (Å²) in [5.41, 5.74) is 16.3. The Balaban J connectivity index is 1.57. The van der Waals surface area contributed by atoms with Crippen molar-refractivity contribution in [1.29, 1.82) is 0 Å². The van der Waals surface area contributed by atoms with Gasteiger partial charge in [0.2, 0.25) is 0 Å². The maximum atomic E-state index is 11.9. The number of H-pyrrole nitrogens is 3. The topological polar surface area (TPSA) is 154 Å². The summed E-state index contributed by atoms with van der Waals surface area (Å²) < 4.78 is 0. The molecule has 3 aromatic heterocycles. The summed E-state index contributed by atoms with van der Waals surface area (Å²) >= 11 is 0. The van der Waals surface area contributed by atoms with Crippen molar-refractivity contribution in [2.24, 2.45) is 0 Å². The van der Waals surface area contributed by atoms with Crippen molar-refractivity contribution in [2.75, 3.05) is 0 Å². The average Bonchev–Trinajstić information content (AvgIpc) is 3.82. The molecular weight excluding hydrogens is 725 g/mol. The highest BCUT2D eigenvalue weighted by atomic mass is 16.4. The molecule has 2 aliphatic heterocycles. The maximum absolute atomic E-state index is 11.9. The van der Waals surface area contributed by atoms with Crippen LogP contribution >= 0.6 is 0 Å². The summed E-state index contributed by atoms with van der Waals surface area (Å²) in [7, 11) is 0. The van der Waals surface area contributed by atoms with Crippen molar-refractivity contribution in [2.45, 2.75) is 138 Å². The van der Waals surface area contributed by atoms with Crippen LogP contribution in [0.3, 0.4) is 0 Å². The molecule has 0 aromatic carbocycles. The van der Waals surface area contributed by atoms with Gasteiger partial charge in [-0.2, -0.15) is 0 Å². The van der Waals surface area contributed by atoms with Crippen molar-refractivity contribution in [3.63, 3.8) is 0 Å². The summed E-state index contributed by atoms with van der Waals surface area (Å²) in [6.45, 7) is 21.0. The molecule has 0 amide bonds. The van der Waals surface area contributed by atoms with E-state index in [4.69, 9.17) is 0 Å². The maximum Gasteiger partial charge on any atom is 0.303 e. The number of nitrogens with one attached hydrogen (secondary N) is 4. The van der Waals surface area contributed by atoms with Crippen molar-refractivity contribution in [1.82, 2.24) is 20.3 Å². The second kappa shape index (κ2) is 19.4. The van der Waals surface area contributed by atoms with Gasteiger partial charge in [0.25, 0.3) is 0 Å². The predicted molar refractivity (Wildman–Crippen MR) is 237 cm³/mol. The molecule has 0 saturated heterocycles. The third-order valence-corrected chi connectivity index (χ3v) is 11.9. The van der Waals surface area contributed by atoms with Gasteiger partial charge in [-0.05, 0) is 164 Å². The Kier molecular flexibility index (Phi) is 14.7. The molecule has 2 atom stereocenters. The van der Waals surface area contributed by atoms with Crippen LogP contribution in [-0.2, 0) is 22.4 Å². The fourth-order valence-corrected chi connectivity index (χ4v) is 8.43. The lowest BCUT2D eigenvalue weighted by Crippen LogP contribution is -2.26. The molecule has 310 valence electrons.